The first-order chi connectivity index (χ1) is 9.24. The Balaban J connectivity index is 3.35. The van der Waals surface area contributed by atoms with Gasteiger partial charge in [-0.05, 0) is 31.1 Å². The predicted molar refractivity (Wildman–Crippen MR) is 85.8 cm³/mol. The summed E-state index contributed by atoms with van der Waals surface area (Å²) in [7, 11) is 1.88. The molecule has 0 radical (unpaired) electrons. The van der Waals surface area contributed by atoms with E-state index < -0.39 is 0 Å². The molecule has 0 rings (SSSR count). The van der Waals surface area contributed by atoms with Crippen LogP contribution in [-0.2, 0) is 9.53 Å². The minimum atomic E-state index is 0.0964. The van der Waals surface area contributed by atoms with Crippen LogP contribution < -0.4 is 0 Å². The minimum absolute atomic E-state index is 0.0964. The number of nitrogens with zero attached hydrogens (tertiary/aromatic N) is 1. The quantitative estimate of drug-likeness (QED) is 0.565. The molecule has 0 aromatic rings. The molecule has 0 bridgehead atoms. The SMILES string of the molecule is CC(C)C(=O)N(C)CCCCOCCCCC(C)(C)C. The summed E-state index contributed by atoms with van der Waals surface area (Å²) in [6, 6.07) is 0. The fraction of sp³-hybridized carbons (Fsp3) is 0.941. The summed E-state index contributed by atoms with van der Waals surface area (Å²) in [5, 5.41) is 0. The highest BCUT2D eigenvalue weighted by Gasteiger charge is 2.11. The number of carbonyl (C=O) groups excluding carboxylic acids is 1. The average Bonchev–Trinajstić information content (AvgIpc) is 2.34. The van der Waals surface area contributed by atoms with Crippen LogP contribution in [0.3, 0.4) is 0 Å². The molecule has 0 saturated heterocycles. The van der Waals surface area contributed by atoms with Crippen LogP contribution in [0.4, 0.5) is 0 Å². The van der Waals surface area contributed by atoms with E-state index in [1.165, 1.54) is 12.8 Å². The normalized spacial score (nSPS) is 11.9. The maximum absolute atomic E-state index is 11.7. The van der Waals surface area contributed by atoms with Crippen LogP contribution in [0.15, 0.2) is 0 Å². The van der Waals surface area contributed by atoms with Crippen LogP contribution >= 0.6 is 0 Å². The largest absolute Gasteiger partial charge is 0.381 e. The van der Waals surface area contributed by atoms with Gasteiger partial charge in [-0.2, -0.15) is 0 Å². The van der Waals surface area contributed by atoms with Gasteiger partial charge in [-0.25, -0.2) is 0 Å². The maximum atomic E-state index is 11.7. The first-order valence-electron chi connectivity index (χ1n) is 8.07. The molecule has 0 unspecified atom stereocenters. The van der Waals surface area contributed by atoms with E-state index in [4.69, 9.17) is 4.74 Å². The lowest BCUT2D eigenvalue weighted by molar-refractivity contribution is -0.133. The van der Waals surface area contributed by atoms with Crippen LogP contribution in [0.1, 0.15) is 66.7 Å². The first kappa shape index (κ1) is 19.4. The monoisotopic (exact) mass is 285 g/mol. The van der Waals surface area contributed by atoms with Crippen LogP contribution in [-0.4, -0.2) is 37.6 Å². The van der Waals surface area contributed by atoms with Gasteiger partial charge in [0.15, 0.2) is 0 Å². The van der Waals surface area contributed by atoms with Gasteiger partial charge in [0.1, 0.15) is 0 Å². The topological polar surface area (TPSA) is 29.5 Å². The van der Waals surface area contributed by atoms with Crippen molar-refractivity contribution in [3.8, 4) is 0 Å². The summed E-state index contributed by atoms with van der Waals surface area (Å²) in [6.45, 7) is 13.3. The van der Waals surface area contributed by atoms with E-state index in [0.29, 0.717) is 5.41 Å². The Morgan fingerprint density at radius 2 is 1.60 bits per heavy atom. The van der Waals surface area contributed by atoms with Crippen molar-refractivity contribution in [2.24, 2.45) is 11.3 Å². The van der Waals surface area contributed by atoms with Gasteiger partial charge < -0.3 is 9.64 Å². The summed E-state index contributed by atoms with van der Waals surface area (Å²) in [5.74, 6) is 0.326. The van der Waals surface area contributed by atoms with E-state index in [1.807, 2.05) is 25.8 Å². The summed E-state index contributed by atoms with van der Waals surface area (Å²) in [4.78, 5) is 13.5. The Bertz CT molecular complexity index is 256. The van der Waals surface area contributed by atoms with Crippen molar-refractivity contribution in [2.45, 2.75) is 66.7 Å². The highest BCUT2D eigenvalue weighted by atomic mass is 16.5. The average molecular weight is 285 g/mol. The second-order valence-corrected chi connectivity index (χ2v) is 7.25. The fourth-order valence-electron chi connectivity index (χ4n) is 2.07. The number of carbonyl (C=O) groups is 1. The molecule has 0 heterocycles. The minimum Gasteiger partial charge on any atom is -0.381 e. The van der Waals surface area contributed by atoms with Crippen LogP contribution in [0, 0.1) is 11.3 Å². The molecule has 3 heteroatoms. The Morgan fingerprint density at radius 1 is 1.05 bits per heavy atom. The van der Waals surface area contributed by atoms with E-state index in [-0.39, 0.29) is 11.8 Å². The predicted octanol–water partition coefficient (Wildman–Crippen LogP) is 4.11. The highest BCUT2D eigenvalue weighted by Crippen LogP contribution is 2.21. The molecule has 120 valence electrons. The number of ether oxygens (including phenoxy) is 1. The molecule has 0 aliphatic heterocycles. The van der Waals surface area contributed by atoms with Crippen molar-refractivity contribution in [3.63, 3.8) is 0 Å². The first-order valence-corrected chi connectivity index (χ1v) is 8.07. The van der Waals surface area contributed by atoms with Gasteiger partial charge in [-0.3, -0.25) is 4.79 Å². The molecular formula is C17H35NO2. The molecule has 0 aromatic heterocycles. The lowest BCUT2D eigenvalue weighted by atomic mass is 9.90. The van der Waals surface area contributed by atoms with Gasteiger partial charge in [0.05, 0.1) is 0 Å². The van der Waals surface area contributed by atoms with E-state index >= 15 is 0 Å². The highest BCUT2D eigenvalue weighted by molar-refractivity contribution is 5.77. The third kappa shape index (κ3) is 11.3. The lowest BCUT2D eigenvalue weighted by Gasteiger charge is -2.19. The second-order valence-electron chi connectivity index (χ2n) is 7.25. The molecule has 0 aromatic carbocycles. The van der Waals surface area contributed by atoms with Gasteiger partial charge in [-0.15, -0.1) is 0 Å². The zero-order chi connectivity index (χ0) is 15.6. The van der Waals surface area contributed by atoms with Gasteiger partial charge >= 0.3 is 0 Å². The van der Waals surface area contributed by atoms with Crippen molar-refractivity contribution >= 4 is 5.91 Å². The summed E-state index contributed by atoms with van der Waals surface area (Å²) in [6.07, 6.45) is 5.72. The Hall–Kier alpha value is -0.570. The molecule has 0 N–H and O–H groups in total. The molecule has 0 aliphatic carbocycles. The fourth-order valence-corrected chi connectivity index (χ4v) is 2.07. The third-order valence-electron chi connectivity index (χ3n) is 3.37. The van der Waals surface area contributed by atoms with Crippen molar-refractivity contribution < 1.29 is 9.53 Å². The van der Waals surface area contributed by atoms with Crippen LogP contribution in [0.2, 0.25) is 0 Å². The zero-order valence-electron chi connectivity index (χ0n) is 14.5. The molecule has 0 aliphatic rings. The Kier molecular flexibility index (Phi) is 9.91. The Morgan fingerprint density at radius 3 is 2.10 bits per heavy atom. The second kappa shape index (κ2) is 10.2. The van der Waals surface area contributed by atoms with Crippen molar-refractivity contribution in [1.29, 1.82) is 0 Å². The molecule has 1 amide bonds. The molecule has 0 fully saturated rings. The van der Waals surface area contributed by atoms with Gasteiger partial charge in [-0.1, -0.05) is 41.0 Å². The molecular weight excluding hydrogens is 250 g/mol. The van der Waals surface area contributed by atoms with E-state index in [9.17, 15) is 4.79 Å². The number of hydrogen-bond acceptors (Lipinski definition) is 2. The molecule has 0 atom stereocenters. The maximum Gasteiger partial charge on any atom is 0.224 e. The smallest absolute Gasteiger partial charge is 0.224 e. The molecule has 3 nitrogen and oxygen atoms in total. The van der Waals surface area contributed by atoms with Crippen LogP contribution in [0.25, 0.3) is 0 Å². The zero-order valence-corrected chi connectivity index (χ0v) is 14.5. The third-order valence-corrected chi connectivity index (χ3v) is 3.37. The van der Waals surface area contributed by atoms with Gasteiger partial charge in [0.25, 0.3) is 0 Å². The summed E-state index contributed by atoms with van der Waals surface area (Å²) in [5.41, 5.74) is 0.438. The molecule has 20 heavy (non-hydrogen) atoms. The van der Waals surface area contributed by atoms with E-state index in [2.05, 4.69) is 20.8 Å². The van der Waals surface area contributed by atoms with Gasteiger partial charge in [0, 0.05) is 32.7 Å². The van der Waals surface area contributed by atoms with Crippen molar-refractivity contribution in [1.82, 2.24) is 4.90 Å². The van der Waals surface area contributed by atoms with Crippen LogP contribution in [0.5, 0.6) is 0 Å². The number of rotatable bonds is 10. The van der Waals surface area contributed by atoms with E-state index in [0.717, 1.165) is 39.0 Å². The van der Waals surface area contributed by atoms with E-state index in [1.54, 1.807) is 0 Å². The van der Waals surface area contributed by atoms with Crippen molar-refractivity contribution in [2.75, 3.05) is 26.8 Å². The summed E-state index contributed by atoms with van der Waals surface area (Å²) < 4.78 is 5.63. The van der Waals surface area contributed by atoms with Gasteiger partial charge in [0.2, 0.25) is 5.91 Å². The number of amides is 1. The standard InChI is InChI=1S/C17H35NO2/c1-15(2)16(19)18(6)12-8-10-14-20-13-9-7-11-17(3,4)5/h15H,7-14H2,1-6H3. The number of hydrogen-bond donors (Lipinski definition) is 0. The Labute approximate surface area is 126 Å². The summed E-state index contributed by atoms with van der Waals surface area (Å²) >= 11 is 0. The van der Waals surface area contributed by atoms with Crippen molar-refractivity contribution in [3.05, 3.63) is 0 Å². The molecule has 0 saturated carbocycles. The molecule has 0 spiro atoms. The number of unbranched alkanes of at least 4 members (excludes halogenated alkanes) is 2. The lowest BCUT2D eigenvalue weighted by Crippen LogP contribution is -2.31.